The Balaban J connectivity index is 3.02. The molecule has 4 nitrogen and oxygen atoms in total. The van der Waals surface area contributed by atoms with E-state index in [1.807, 2.05) is 19.0 Å². The van der Waals surface area contributed by atoms with Crippen molar-refractivity contribution in [2.24, 2.45) is 0 Å². The number of halogens is 1. The van der Waals surface area contributed by atoms with Gasteiger partial charge in [0.1, 0.15) is 6.10 Å². The summed E-state index contributed by atoms with van der Waals surface area (Å²) in [6.45, 7) is 0. The maximum absolute atomic E-state index is 9.66. The maximum atomic E-state index is 9.66. The number of hydrogen-bond acceptors (Lipinski definition) is 5. The zero-order valence-electron chi connectivity index (χ0n) is 8.32. The van der Waals surface area contributed by atoms with Crippen LogP contribution in [0, 0.1) is 0 Å². The molecule has 1 aromatic rings. The van der Waals surface area contributed by atoms with E-state index in [1.165, 1.54) is 11.3 Å². The molecule has 0 amide bonds. The van der Waals surface area contributed by atoms with Crippen LogP contribution in [-0.2, 0) is 0 Å². The molecule has 1 N–H and O–H groups in total. The zero-order valence-corrected chi connectivity index (χ0v) is 10.7. The highest BCUT2D eigenvalue weighted by molar-refractivity contribution is 9.09. The van der Waals surface area contributed by atoms with Crippen LogP contribution in [-0.4, -0.2) is 36.6 Å². The van der Waals surface area contributed by atoms with Crippen LogP contribution in [0.2, 0.25) is 0 Å². The van der Waals surface area contributed by atoms with E-state index in [0.717, 1.165) is 10.0 Å². The van der Waals surface area contributed by atoms with E-state index in [1.54, 1.807) is 7.11 Å². The Morgan fingerprint density at radius 2 is 2.29 bits per heavy atom. The molecule has 1 aromatic heterocycles. The number of aliphatic hydroxyl groups is 1. The molecule has 1 unspecified atom stereocenters. The van der Waals surface area contributed by atoms with Gasteiger partial charge < -0.3 is 14.7 Å². The van der Waals surface area contributed by atoms with Gasteiger partial charge in [-0.3, -0.25) is 0 Å². The third-order valence-corrected chi connectivity index (χ3v) is 3.55. The molecule has 0 spiro atoms. The maximum Gasteiger partial charge on any atom is 0.232 e. The normalized spacial score (nSPS) is 12.6. The molecule has 0 saturated heterocycles. The molecule has 0 radical (unpaired) electrons. The molecule has 0 saturated carbocycles. The Morgan fingerprint density at radius 3 is 2.71 bits per heavy atom. The topological polar surface area (TPSA) is 45.6 Å². The second kappa shape index (κ2) is 4.95. The van der Waals surface area contributed by atoms with Gasteiger partial charge in [0.2, 0.25) is 5.88 Å². The van der Waals surface area contributed by atoms with Gasteiger partial charge in [-0.2, -0.15) is 4.98 Å². The number of alkyl halides is 1. The molecular formula is C8H13BrN2O2S. The first-order valence-corrected chi connectivity index (χ1v) is 6.00. The number of ether oxygens (including phenoxy) is 1. The quantitative estimate of drug-likeness (QED) is 0.852. The Bertz CT molecular complexity index is 304. The number of hydrogen-bond donors (Lipinski definition) is 1. The van der Waals surface area contributed by atoms with Gasteiger partial charge in [0.05, 0.1) is 12.0 Å². The van der Waals surface area contributed by atoms with Crippen molar-refractivity contribution in [3.05, 3.63) is 4.88 Å². The number of anilines is 1. The number of nitrogens with zero attached hydrogens (tertiary/aromatic N) is 2. The summed E-state index contributed by atoms with van der Waals surface area (Å²) in [4.78, 5) is 6.88. The Hall–Kier alpha value is -0.330. The lowest BCUT2D eigenvalue weighted by atomic mass is 10.3. The van der Waals surface area contributed by atoms with Crippen molar-refractivity contribution < 1.29 is 9.84 Å². The lowest BCUT2D eigenvalue weighted by Gasteiger charge is -2.05. The summed E-state index contributed by atoms with van der Waals surface area (Å²) in [7, 11) is 5.37. The van der Waals surface area contributed by atoms with E-state index in [0.29, 0.717) is 11.2 Å². The van der Waals surface area contributed by atoms with Crippen LogP contribution in [0.1, 0.15) is 11.0 Å². The minimum absolute atomic E-state index is 0.485. The summed E-state index contributed by atoms with van der Waals surface area (Å²) in [5, 5.41) is 11.0. The molecule has 1 heterocycles. The molecule has 0 aliphatic heterocycles. The number of thiazole rings is 1. The van der Waals surface area contributed by atoms with Gasteiger partial charge in [-0.05, 0) is 0 Å². The minimum atomic E-state index is -0.559. The van der Waals surface area contributed by atoms with Crippen molar-refractivity contribution in [3.63, 3.8) is 0 Å². The summed E-state index contributed by atoms with van der Waals surface area (Å²) in [5.41, 5.74) is 0. The third-order valence-electron chi connectivity index (χ3n) is 1.63. The van der Waals surface area contributed by atoms with Crippen LogP contribution in [0.3, 0.4) is 0 Å². The molecule has 80 valence electrons. The number of rotatable bonds is 4. The lowest BCUT2D eigenvalue weighted by Crippen LogP contribution is -2.07. The van der Waals surface area contributed by atoms with E-state index in [9.17, 15) is 5.11 Å². The predicted octanol–water partition coefficient (Wildman–Crippen LogP) is 1.65. The molecule has 1 atom stereocenters. The predicted molar refractivity (Wildman–Crippen MR) is 61.7 cm³/mol. The van der Waals surface area contributed by atoms with Crippen LogP contribution in [0.4, 0.5) is 5.13 Å². The Kier molecular flexibility index (Phi) is 4.15. The zero-order chi connectivity index (χ0) is 10.7. The fraction of sp³-hybridized carbons (Fsp3) is 0.625. The Labute approximate surface area is 95.7 Å². The minimum Gasteiger partial charge on any atom is -0.480 e. The molecule has 0 bridgehead atoms. The van der Waals surface area contributed by atoms with Crippen LogP contribution in [0.25, 0.3) is 0 Å². The average molecular weight is 281 g/mol. The molecule has 0 aromatic carbocycles. The van der Waals surface area contributed by atoms with Gasteiger partial charge in [-0.25, -0.2) is 0 Å². The number of aliphatic hydroxyl groups excluding tert-OH is 1. The van der Waals surface area contributed by atoms with Gasteiger partial charge in [0.25, 0.3) is 0 Å². The van der Waals surface area contributed by atoms with E-state index >= 15 is 0 Å². The molecule has 6 heteroatoms. The first kappa shape index (κ1) is 11.7. The molecule has 1 rings (SSSR count). The van der Waals surface area contributed by atoms with Gasteiger partial charge in [0.15, 0.2) is 5.13 Å². The molecule has 0 aliphatic carbocycles. The fourth-order valence-electron chi connectivity index (χ4n) is 0.925. The van der Waals surface area contributed by atoms with Gasteiger partial charge in [-0.1, -0.05) is 27.3 Å². The van der Waals surface area contributed by atoms with Crippen LogP contribution in [0.5, 0.6) is 5.88 Å². The van der Waals surface area contributed by atoms with Gasteiger partial charge in [0, 0.05) is 19.4 Å². The van der Waals surface area contributed by atoms with E-state index < -0.39 is 6.10 Å². The molecule has 14 heavy (non-hydrogen) atoms. The van der Waals surface area contributed by atoms with Crippen molar-refractivity contribution in [2.75, 3.05) is 31.4 Å². The highest BCUT2D eigenvalue weighted by Crippen LogP contribution is 2.35. The monoisotopic (exact) mass is 280 g/mol. The fourth-order valence-corrected chi connectivity index (χ4v) is 2.41. The molecular weight excluding hydrogens is 268 g/mol. The van der Waals surface area contributed by atoms with Crippen LogP contribution < -0.4 is 9.64 Å². The highest BCUT2D eigenvalue weighted by atomic mass is 79.9. The van der Waals surface area contributed by atoms with Gasteiger partial charge >= 0.3 is 0 Å². The van der Waals surface area contributed by atoms with Crippen molar-refractivity contribution in [3.8, 4) is 5.88 Å². The molecule has 0 fully saturated rings. The van der Waals surface area contributed by atoms with Crippen LogP contribution in [0.15, 0.2) is 0 Å². The lowest BCUT2D eigenvalue weighted by molar-refractivity contribution is 0.203. The number of methoxy groups -OCH3 is 1. The first-order chi connectivity index (χ1) is 6.60. The van der Waals surface area contributed by atoms with Crippen LogP contribution >= 0.6 is 27.3 Å². The van der Waals surface area contributed by atoms with Gasteiger partial charge in [-0.15, -0.1) is 0 Å². The SMILES string of the molecule is COc1nc(N(C)C)sc1C(O)CBr. The van der Waals surface area contributed by atoms with E-state index in [-0.39, 0.29) is 0 Å². The van der Waals surface area contributed by atoms with E-state index in [4.69, 9.17) is 4.74 Å². The summed E-state index contributed by atoms with van der Waals surface area (Å²) in [6.07, 6.45) is -0.559. The first-order valence-electron chi connectivity index (χ1n) is 4.06. The average Bonchev–Trinajstić information content (AvgIpc) is 2.60. The van der Waals surface area contributed by atoms with Crippen molar-refractivity contribution in [2.45, 2.75) is 6.10 Å². The van der Waals surface area contributed by atoms with Crippen molar-refractivity contribution in [1.82, 2.24) is 4.98 Å². The second-order valence-electron chi connectivity index (χ2n) is 2.93. The Morgan fingerprint density at radius 1 is 1.64 bits per heavy atom. The summed E-state index contributed by atoms with van der Waals surface area (Å²) in [5.74, 6) is 0.505. The summed E-state index contributed by atoms with van der Waals surface area (Å²) >= 11 is 4.66. The number of aromatic nitrogens is 1. The smallest absolute Gasteiger partial charge is 0.232 e. The largest absolute Gasteiger partial charge is 0.480 e. The summed E-state index contributed by atoms with van der Waals surface area (Å²) < 4.78 is 5.09. The molecule has 0 aliphatic rings. The highest BCUT2D eigenvalue weighted by Gasteiger charge is 2.19. The third kappa shape index (κ3) is 2.37. The standard InChI is InChI=1S/C8H13BrN2O2S/c1-11(2)8-10-7(13-3)6(14-8)5(12)4-9/h5,12H,4H2,1-3H3. The van der Waals surface area contributed by atoms with E-state index in [2.05, 4.69) is 20.9 Å². The van der Waals surface area contributed by atoms with Crippen molar-refractivity contribution in [1.29, 1.82) is 0 Å². The summed E-state index contributed by atoms with van der Waals surface area (Å²) in [6, 6.07) is 0. The second-order valence-corrected chi connectivity index (χ2v) is 4.59. The van der Waals surface area contributed by atoms with Crippen molar-refractivity contribution >= 4 is 32.4 Å².